The van der Waals surface area contributed by atoms with Gasteiger partial charge in [0.15, 0.2) is 11.3 Å². The van der Waals surface area contributed by atoms with E-state index in [4.69, 9.17) is 0 Å². The Hall–Kier alpha value is -4.18. The number of benzene rings is 2. The molecule has 0 fully saturated rings. The minimum atomic E-state index is -0.286. The summed E-state index contributed by atoms with van der Waals surface area (Å²) in [6.07, 6.45) is 0. The van der Waals surface area contributed by atoms with Gasteiger partial charge in [-0.2, -0.15) is 20.0 Å². The van der Waals surface area contributed by atoms with Crippen LogP contribution in [0.3, 0.4) is 0 Å². The molecule has 29 heavy (non-hydrogen) atoms. The number of rotatable bonds is 2. The van der Waals surface area contributed by atoms with Crippen molar-refractivity contribution in [2.24, 2.45) is 7.05 Å². The van der Waals surface area contributed by atoms with Crippen molar-refractivity contribution in [3.63, 3.8) is 0 Å². The molecule has 0 amide bonds. The molecule has 0 aliphatic rings. The zero-order chi connectivity index (χ0) is 20.1. The Labute approximate surface area is 165 Å². The Balaban J connectivity index is 1.96. The zero-order valence-corrected chi connectivity index (χ0v) is 15.9. The summed E-state index contributed by atoms with van der Waals surface area (Å²) in [4.78, 5) is 13.3. The van der Waals surface area contributed by atoms with Crippen molar-refractivity contribution in [2.45, 2.75) is 6.92 Å². The summed E-state index contributed by atoms with van der Waals surface area (Å²) in [7, 11) is 1.83. The van der Waals surface area contributed by atoms with E-state index in [1.54, 1.807) is 4.68 Å². The molecular weight excluding hydrogens is 364 g/mol. The van der Waals surface area contributed by atoms with E-state index in [0.717, 1.165) is 11.3 Å². The van der Waals surface area contributed by atoms with Crippen molar-refractivity contribution >= 4 is 16.7 Å². The Morgan fingerprint density at radius 3 is 2.24 bits per heavy atom. The van der Waals surface area contributed by atoms with E-state index in [2.05, 4.69) is 16.3 Å². The largest absolute Gasteiger partial charge is 0.312 e. The van der Waals surface area contributed by atoms with Crippen LogP contribution < -0.4 is 5.56 Å². The molecule has 0 radical (unpaired) electrons. The van der Waals surface area contributed by atoms with Crippen LogP contribution in [-0.2, 0) is 7.05 Å². The lowest BCUT2D eigenvalue weighted by atomic mass is 10.1. The van der Waals surface area contributed by atoms with Gasteiger partial charge in [-0.05, 0) is 19.1 Å². The van der Waals surface area contributed by atoms with Crippen LogP contribution in [0.5, 0.6) is 0 Å². The fourth-order valence-corrected chi connectivity index (χ4v) is 3.79. The standard InChI is InChI=1S/C22H16N6O/c1-14-18-21(27(24-14)16-11-7-4-8-12-16)26(2)20-17(13-23)19(25-28(20)22(18)29)15-9-5-3-6-10-15/h3-12H,1-2H3. The van der Waals surface area contributed by atoms with Gasteiger partial charge in [0.2, 0.25) is 0 Å². The van der Waals surface area contributed by atoms with Crippen LogP contribution in [-0.4, -0.2) is 24.0 Å². The average Bonchev–Trinajstić information content (AvgIpc) is 3.32. The number of hydrogen-bond acceptors (Lipinski definition) is 4. The van der Waals surface area contributed by atoms with Crippen molar-refractivity contribution in [3.05, 3.63) is 82.3 Å². The molecule has 3 aromatic heterocycles. The molecule has 2 aromatic carbocycles. The van der Waals surface area contributed by atoms with Gasteiger partial charge in [0, 0.05) is 12.6 Å². The highest BCUT2D eigenvalue weighted by Crippen LogP contribution is 2.27. The van der Waals surface area contributed by atoms with E-state index in [1.807, 2.05) is 79.2 Å². The number of fused-ring (bicyclic) bond motifs is 2. The van der Waals surface area contributed by atoms with Gasteiger partial charge in [0.05, 0.1) is 11.4 Å². The van der Waals surface area contributed by atoms with Gasteiger partial charge in [0.1, 0.15) is 22.7 Å². The van der Waals surface area contributed by atoms with E-state index in [-0.39, 0.29) is 5.56 Å². The van der Waals surface area contributed by atoms with Crippen LogP contribution in [0.1, 0.15) is 11.3 Å². The number of aromatic nitrogens is 5. The minimum absolute atomic E-state index is 0.286. The Bertz CT molecular complexity index is 1480. The molecule has 0 unspecified atom stereocenters. The quantitative estimate of drug-likeness (QED) is 0.471. The van der Waals surface area contributed by atoms with E-state index in [9.17, 15) is 10.1 Å². The van der Waals surface area contributed by atoms with Crippen LogP contribution in [0.25, 0.3) is 33.6 Å². The third kappa shape index (κ3) is 2.33. The molecular formula is C22H16N6O. The van der Waals surface area contributed by atoms with E-state index >= 15 is 0 Å². The molecule has 0 saturated carbocycles. The fourth-order valence-electron chi connectivity index (χ4n) is 3.79. The Kier molecular flexibility index (Phi) is 3.61. The van der Waals surface area contributed by atoms with Crippen molar-refractivity contribution in [1.82, 2.24) is 24.0 Å². The van der Waals surface area contributed by atoms with E-state index in [1.165, 1.54) is 4.52 Å². The van der Waals surface area contributed by atoms with Gasteiger partial charge in [-0.3, -0.25) is 4.79 Å². The SMILES string of the molecule is Cc1nn(-c2ccccc2)c2c1c(=O)n1nc(-c3ccccc3)c(C#N)c1n2C. The zero-order valence-electron chi connectivity index (χ0n) is 15.9. The maximum absolute atomic E-state index is 13.3. The molecule has 5 aromatic rings. The molecule has 0 saturated heterocycles. The molecule has 0 aliphatic carbocycles. The van der Waals surface area contributed by atoms with Gasteiger partial charge in [0.25, 0.3) is 5.56 Å². The minimum Gasteiger partial charge on any atom is -0.312 e. The van der Waals surface area contributed by atoms with Gasteiger partial charge >= 0.3 is 0 Å². The summed E-state index contributed by atoms with van der Waals surface area (Å²) in [6.45, 7) is 1.81. The highest BCUT2D eigenvalue weighted by molar-refractivity contribution is 5.85. The first-order valence-electron chi connectivity index (χ1n) is 9.14. The van der Waals surface area contributed by atoms with Crippen molar-refractivity contribution in [3.8, 4) is 23.0 Å². The van der Waals surface area contributed by atoms with Crippen LogP contribution in [0, 0.1) is 18.3 Å². The van der Waals surface area contributed by atoms with E-state index < -0.39 is 0 Å². The molecule has 0 spiro atoms. The molecule has 7 nitrogen and oxygen atoms in total. The smallest absolute Gasteiger partial charge is 0.285 e. The number of hydrogen-bond donors (Lipinski definition) is 0. The van der Waals surface area contributed by atoms with Crippen LogP contribution in [0.2, 0.25) is 0 Å². The highest BCUT2D eigenvalue weighted by Gasteiger charge is 2.24. The molecule has 0 aliphatic heterocycles. The summed E-state index contributed by atoms with van der Waals surface area (Å²) in [5.41, 5.74) is 3.88. The first-order valence-corrected chi connectivity index (χ1v) is 9.14. The lowest BCUT2D eigenvalue weighted by Gasteiger charge is -2.09. The summed E-state index contributed by atoms with van der Waals surface area (Å²) < 4.78 is 4.87. The predicted molar refractivity (Wildman–Crippen MR) is 110 cm³/mol. The Morgan fingerprint density at radius 1 is 0.931 bits per heavy atom. The molecule has 5 rings (SSSR count). The second kappa shape index (κ2) is 6.17. The summed E-state index contributed by atoms with van der Waals surface area (Å²) in [6, 6.07) is 21.3. The number of para-hydroxylation sites is 1. The molecule has 0 N–H and O–H groups in total. The molecule has 7 heteroatoms. The first kappa shape index (κ1) is 17.0. The first-order chi connectivity index (χ1) is 14.1. The van der Waals surface area contributed by atoms with Crippen LogP contribution >= 0.6 is 0 Å². The van der Waals surface area contributed by atoms with Crippen molar-refractivity contribution < 1.29 is 0 Å². The summed E-state index contributed by atoms with van der Waals surface area (Å²) >= 11 is 0. The van der Waals surface area contributed by atoms with Crippen LogP contribution in [0.15, 0.2) is 65.5 Å². The summed E-state index contributed by atoms with van der Waals surface area (Å²) in [5, 5.41) is 19.5. The number of aryl methyl sites for hydroxylation is 2. The van der Waals surface area contributed by atoms with Crippen molar-refractivity contribution in [2.75, 3.05) is 0 Å². The monoisotopic (exact) mass is 380 g/mol. The summed E-state index contributed by atoms with van der Waals surface area (Å²) in [5.74, 6) is 0. The molecule has 3 heterocycles. The third-order valence-corrected chi connectivity index (χ3v) is 5.10. The predicted octanol–water partition coefficient (Wildman–Crippen LogP) is 3.22. The fraction of sp³-hybridized carbons (Fsp3) is 0.0909. The number of nitriles is 1. The maximum Gasteiger partial charge on any atom is 0.285 e. The van der Waals surface area contributed by atoms with Gasteiger partial charge in [-0.25, -0.2) is 4.68 Å². The van der Waals surface area contributed by atoms with Gasteiger partial charge in [-0.15, -0.1) is 0 Å². The van der Waals surface area contributed by atoms with Gasteiger partial charge in [-0.1, -0.05) is 48.5 Å². The topological polar surface area (TPSA) is 80.9 Å². The lowest BCUT2D eigenvalue weighted by Crippen LogP contribution is -2.19. The Morgan fingerprint density at radius 2 is 1.59 bits per heavy atom. The average molecular weight is 380 g/mol. The molecule has 0 atom stereocenters. The molecule has 0 bridgehead atoms. The van der Waals surface area contributed by atoms with Gasteiger partial charge < -0.3 is 4.57 Å². The maximum atomic E-state index is 13.3. The molecule has 140 valence electrons. The highest BCUT2D eigenvalue weighted by atomic mass is 16.1. The van der Waals surface area contributed by atoms with Crippen LogP contribution in [0.4, 0.5) is 0 Å². The third-order valence-electron chi connectivity index (χ3n) is 5.10. The second-order valence-corrected chi connectivity index (χ2v) is 6.83. The number of nitrogens with zero attached hydrogens (tertiary/aromatic N) is 6. The van der Waals surface area contributed by atoms with E-state index in [0.29, 0.717) is 33.6 Å². The lowest BCUT2D eigenvalue weighted by molar-refractivity contribution is 0.813. The van der Waals surface area contributed by atoms with Crippen molar-refractivity contribution in [1.29, 1.82) is 5.26 Å². The normalized spacial score (nSPS) is 11.2. The second-order valence-electron chi connectivity index (χ2n) is 6.83.